The zero-order valence-corrected chi connectivity index (χ0v) is 92.1. The molecular formula is C99H117N9O27S9. The van der Waals surface area contributed by atoms with Crippen molar-refractivity contribution in [3.63, 3.8) is 0 Å². The van der Waals surface area contributed by atoms with Gasteiger partial charge in [-0.15, -0.1) is 102 Å². The molecule has 0 radical (unpaired) electrons. The van der Waals surface area contributed by atoms with Gasteiger partial charge in [0, 0.05) is 43.9 Å². The largest absolute Gasteiger partial charge is 0.456 e. The minimum atomic E-state index is -1.07. The predicted molar refractivity (Wildman–Crippen MR) is 556 cm³/mol. The Morgan fingerprint density at radius 1 is 0.167 bits per heavy atom. The molecule has 10 heterocycles. The van der Waals surface area contributed by atoms with Crippen molar-refractivity contribution in [1.82, 2.24) is 0 Å². The van der Waals surface area contributed by atoms with Gasteiger partial charge in [-0.1, -0.05) is 0 Å². The van der Waals surface area contributed by atoms with Gasteiger partial charge in [0.1, 0.15) is 95.4 Å². The maximum atomic E-state index is 14.4. The van der Waals surface area contributed by atoms with Crippen molar-refractivity contribution in [2.24, 2.45) is 0 Å². The summed E-state index contributed by atoms with van der Waals surface area (Å²) in [5, 5.41) is 24.2. The molecule has 1 aliphatic rings. The molecule has 144 heavy (non-hydrogen) atoms. The second-order valence-electron chi connectivity index (χ2n) is 42.1. The molecule has 10 rings (SSSR count). The molecule has 1 aliphatic heterocycles. The van der Waals surface area contributed by atoms with E-state index in [2.05, 4.69) is 47.9 Å². The number of fused-ring (bicyclic) bond motifs is 18. The third-order valence-electron chi connectivity index (χ3n) is 17.9. The topological polar surface area (TPSA) is 499 Å². The number of hydrogen-bond acceptors (Lipinski definition) is 36. The maximum absolute atomic E-state index is 14.4. The molecule has 9 amide bonds. The van der Waals surface area contributed by atoms with Crippen LogP contribution in [0.2, 0.25) is 0 Å². The lowest BCUT2D eigenvalue weighted by molar-refractivity contribution is -0.116. The Bertz CT molecular complexity index is 5340. The van der Waals surface area contributed by atoms with Crippen LogP contribution in [0.1, 0.15) is 324 Å². The Hall–Kier alpha value is -12.2. The molecule has 0 saturated carbocycles. The Morgan fingerprint density at radius 3 is 0.312 bits per heavy atom. The van der Waals surface area contributed by atoms with Gasteiger partial charge in [0.2, 0.25) is 53.2 Å². The number of anilines is 9. The third-order valence-corrected chi connectivity index (χ3v) is 27.4. The molecule has 36 nitrogen and oxygen atoms in total. The van der Waals surface area contributed by atoms with Gasteiger partial charge in [0.05, 0.1) is 108 Å². The van der Waals surface area contributed by atoms with Gasteiger partial charge in [-0.2, -0.15) is 0 Å². The van der Waals surface area contributed by atoms with Crippen molar-refractivity contribution in [2.45, 2.75) is 295 Å². The lowest BCUT2D eigenvalue weighted by Crippen LogP contribution is -2.25. The van der Waals surface area contributed by atoms with Crippen LogP contribution >= 0.6 is 102 Å². The van der Waals surface area contributed by atoms with Gasteiger partial charge in [0.25, 0.3) is 0 Å². The van der Waals surface area contributed by atoms with E-state index in [4.69, 9.17) is 42.6 Å². The van der Waals surface area contributed by atoms with Gasteiger partial charge >= 0.3 is 53.7 Å². The first-order valence-electron chi connectivity index (χ1n) is 45.1. The molecule has 9 aromatic heterocycles. The van der Waals surface area contributed by atoms with E-state index >= 15 is 0 Å². The SMILES string of the molecule is CC(C)(C)OC(=O)c1cc2sc1NC(=O)Cc1cc(C(=O)OC(C)(C)C)c(s1)NC(=O)Cc1cc(C(=O)OC(C)(C)C)c(s1)NC(=O)Cc1cc(C(=O)OC(C)(C)C)c(s1)NC(=O)Cc1cc(C(=O)OC(C)(C)C)c(s1)NC(=O)Cc1cc(C(=O)OC(C)(C)C)c(s1)NC(=O)Cc1cc(C(=O)OC(C)(C)C)c(s1)NC(=O)Cc1cc(C(=O)OC(C)(C)C)c(s1)NC(=O)Cc1cc(C(=O)OC(C)(C)C)c(s1)NC(=O)C2. The van der Waals surface area contributed by atoms with Crippen LogP contribution in [0, 0.1) is 0 Å². The molecule has 0 aliphatic carbocycles. The van der Waals surface area contributed by atoms with Crippen molar-refractivity contribution in [2.75, 3.05) is 47.9 Å². The number of rotatable bonds is 9. The Kier molecular flexibility index (Phi) is 35.4. The summed E-state index contributed by atoms with van der Waals surface area (Å²) in [5.41, 5.74) is -11.1. The van der Waals surface area contributed by atoms with Crippen molar-refractivity contribution >= 4 is 254 Å². The van der Waals surface area contributed by atoms with Crippen molar-refractivity contribution < 1.29 is 129 Å². The van der Waals surface area contributed by atoms with Crippen LogP contribution in [-0.2, 0) is 144 Å². The molecule has 0 atom stereocenters. The van der Waals surface area contributed by atoms with Gasteiger partial charge in [-0.25, -0.2) is 43.2 Å². The first-order valence-corrected chi connectivity index (χ1v) is 52.4. The monoisotopic (exact) mass is 2150 g/mol. The second-order valence-corrected chi connectivity index (χ2v) is 52.4. The zero-order valence-electron chi connectivity index (χ0n) is 84.8. The van der Waals surface area contributed by atoms with E-state index < -0.39 is 215 Å². The number of ether oxygens (including phenoxy) is 9. The summed E-state index contributed by atoms with van der Waals surface area (Å²) >= 11 is 7.57. The van der Waals surface area contributed by atoms with E-state index in [-0.39, 0.29) is 139 Å². The third kappa shape index (κ3) is 34.8. The summed E-state index contributed by atoms with van der Waals surface area (Å²) in [6.07, 6.45) is -4.36. The molecule has 0 saturated heterocycles. The highest BCUT2D eigenvalue weighted by molar-refractivity contribution is 7.20. The first kappa shape index (κ1) is 114. The predicted octanol–water partition coefficient (Wildman–Crippen LogP) is 19.8. The number of carbonyl (C=O) groups is 18. The summed E-state index contributed by atoms with van der Waals surface area (Å²) in [5.74, 6) is -14.7. The van der Waals surface area contributed by atoms with E-state index in [0.717, 1.165) is 102 Å². The van der Waals surface area contributed by atoms with Crippen LogP contribution < -0.4 is 47.9 Å². The molecule has 0 unspecified atom stereocenters. The molecule has 18 bridgehead atoms. The normalized spacial score (nSPS) is 14.6. The minimum absolute atomic E-state index is 0.0578. The summed E-state index contributed by atoms with van der Waals surface area (Å²) in [4.78, 5) is 259. The number of hydrogen-bond donors (Lipinski definition) is 9. The van der Waals surface area contributed by atoms with Crippen molar-refractivity contribution in [3.8, 4) is 0 Å². The summed E-state index contributed by atoms with van der Waals surface area (Å²) in [7, 11) is 0. The summed E-state index contributed by atoms with van der Waals surface area (Å²) in [6.45, 7) is 43.7. The molecule has 774 valence electrons. The summed E-state index contributed by atoms with van der Waals surface area (Å²) in [6, 6.07) is 12.1. The van der Waals surface area contributed by atoms with Crippen molar-refractivity contribution in [1.29, 1.82) is 0 Å². The molecule has 0 aromatic carbocycles. The zero-order chi connectivity index (χ0) is 107. The quantitative estimate of drug-likeness (QED) is 0.0479. The van der Waals surface area contributed by atoms with Crippen LogP contribution in [-0.4, -0.2) is 157 Å². The Morgan fingerprint density at radius 2 is 0.243 bits per heavy atom. The van der Waals surface area contributed by atoms with E-state index in [1.807, 2.05) is 0 Å². The Balaban J connectivity index is 1.03. The average Bonchev–Trinajstić information content (AvgIpc) is 1.67. The van der Waals surface area contributed by atoms with E-state index in [1.165, 1.54) is 54.6 Å². The van der Waals surface area contributed by atoms with Crippen LogP contribution in [0.3, 0.4) is 0 Å². The van der Waals surface area contributed by atoms with E-state index in [0.29, 0.717) is 0 Å². The van der Waals surface area contributed by atoms with Crippen LogP contribution in [0.5, 0.6) is 0 Å². The highest BCUT2D eigenvalue weighted by Crippen LogP contribution is 2.43. The van der Waals surface area contributed by atoms with Crippen molar-refractivity contribution in [3.05, 3.63) is 149 Å². The van der Waals surface area contributed by atoms with E-state index in [1.54, 1.807) is 187 Å². The summed E-state index contributed by atoms with van der Waals surface area (Å²) < 4.78 is 51.9. The average molecular weight is 2150 g/mol. The molecule has 9 aromatic rings. The second kappa shape index (κ2) is 44.8. The van der Waals surface area contributed by atoms with Gasteiger partial charge in [-0.05, 0) is 242 Å². The van der Waals surface area contributed by atoms with Crippen LogP contribution in [0.4, 0.5) is 45.0 Å². The minimum Gasteiger partial charge on any atom is -0.456 e. The first-order chi connectivity index (χ1) is 66.1. The van der Waals surface area contributed by atoms with Crippen LogP contribution in [0.25, 0.3) is 0 Å². The van der Waals surface area contributed by atoms with E-state index in [9.17, 15) is 86.3 Å². The van der Waals surface area contributed by atoms with Gasteiger partial charge in [0.15, 0.2) is 0 Å². The Labute approximate surface area is 868 Å². The lowest BCUT2D eigenvalue weighted by Gasteiger charge is -2.19. The fraction of sp³-hybridized carbons (Fsp3) is 0.455. The number of carbonyl (C=O) groups excluding carboxylic acids is 18. The highest BCUT2D eigenvalue weighted by atomic mass is 32.1. The lowest BCUT2D eigenvalue weighted by atomic mass is 10.1. The number of nitrogens with one attached hydrogen (secondary N) is 9. The fourth-order valence-corrected chi connectivity index (χ4v) is 22.5. The van der Waals surface area contributed by atoms with Gasteiger partial charge < -0.3 is 90.5 Å². The molecule has 0 spiro atoms. The number of amides is 9. The molecule has 0 fully saturated rings. The molecular weight excluding hydrogens is 2040 g/mol. The number of esters is 9. The number of thiophene rings is 9. The highest BCUT2D eigenvalue weighted by Gasteiger charge is 2.37. The smallest absolute Gasteiger partial charge is 0.341 e. The van der Waals surface area contributed by atoms with Crippen LogP contribution in [0.15, 0.2) is 54.6 Å². The molecule has 45 heteroatoms. The maximum Gasteiger partial charge on any atom is 0.341 e. The molecule has 9 N–H and O–H groups in total. The fourth-order valence-electron chi connectivity index (χ4n) is 12.9. The van der Waals surface area contributed by atoms with Gasteiger partial charge in [-0.3, -0.25) is 43.2 Å². The standard InChI is InChI=1S/C99H117N9O27S9/c1-91(2,3)127-82(118)55-28-46-37-65(110)101-74-57(84(120)129-93(7,8)9)30-48(138-74)39-67(112)103-76-59(86(122)131-95(13,14)15)32-50(140-76)41-69(114)105-78-61(88(124)133-97(19,20)21)34-52(142-78)43-71(116)107-80-63(90(126)135-99(25,26)27)36-54(144-80)45-72(117)108-81-62(89(125)134-98(22,23)24)35-53(143-81)44-70(115)106-79-60(87(123)132-96(16,17)18)33-51(141-79)42-68(113)104-77-58(85(121)130-94(10,11)12)31-49(139-77)40-66(111)102-75-56(83(119)128-92(4,5)6)29-47(137-75)38-64(109)100-73(55)136-46/h28-36H,37-45H2,1-27H3,(H,100,109)(H,101,110)(H,102,111)(H,103,112)(H,104,113)(H,105,114)(H,106,115)(H,107,116)(H,108,117).